The fourth-order valence-corrected chi connectivity index (χ4v) is 9.46. The molecule has 2 aliphatic carbocycles. The number of carbonyl (C=O) groups is 4. The van der Waals surface area contributed by atoms with Gasteiger partial charge < -0.3 is 29.2 Å². The van der Waals surface area contributed by atoms with Crippen molar-refractivity contribution in [2.24, 2.45) is 11.3 Å². The highest BCUT2D eigenvalue weighted by molar-refractivity contribution is 7.91. The highest BCUT2D eigenvalue weighted by Crippen LogP contribution is 2.46. The molecule has 3 fully saturated rings. The van der Waals surface area contributed by atoms with Gasteiger partial charge in [0, 0.05) is 28.8 Å². The van der Waals surface area contributed by atoms with E-state index < -0.39 is 79.7 Å². The molecule has 5 atom stereocenters. The van der Waals surface area contributed by atoms with E-state index in [1.807, 2.05) is 56.3 Å². The summed E-state index contributed by atoms with van der Waals surface area (Å²) in [7, 11) is -3.96. The number of nitrogens with zero attached hydrogens (tertiary/aromatic N) is 4. The van der Waals surface area contributed by atoms with Crippen molar-refractivity contribution in [1.29, 1.82) is 0 Å². The van der Waals surface area contributed by atoms with Crippen LogP contribution in [0.25, 0.3) is 33.5 Å². The highest BCUT2D eigenvalue weighted by Gasteiger charge is 2.62. The van der Waals surface area contributed by atoms with E-state index in [9.17, 15) is 27.9 Å². The fourth-order valence-electron chi connectivity index (χ4n) is 8.09. The molecule has 0 bridgehead atoms. The Balaban J connectivity index is 1.27. The molecule has 0 radical (unpaired) electrons. The molecule has 3 N–H and O–H groups in total. The molecule has 2 aromatic heterocycles. The summed E-state index contributed by atoms with van der Waals surface area (Å²) in [5, 5.41) is 13.3. The standard InChI is InChI=1S/C44H54N6O10S/c1-10-26-22-44(26,40(53)48-61(56,57)29-19-20-29)47-37(51)31-21-28(23-49(31)39(52)35(42(4,5)6)50(41(54)55)43(7,8)9)59-38-34-33(30-13-11-12-14-32(30)60-34)45-36(46-38)25-15-17-27(18-16-25)58-24(2)3/h10-18,24,26,28-29,31,35H,1,19-23H2,2-9H3,(H,47,51)(H,48,53)(H,54,55)/t26-,28-,31+,35-,44?/m1/s1. The molecule has 16 nitrogen and oxygen atoms in total. The number of benzene rings is 2. The lowest BCUT2D eigenvalue weighted by molar-refractivity contribution is -0.148. The second-order valence-corrected chi connectivity index (χ2v) is 20.5. The monoisotopic (exact) mass is 858 g/mol. The summed E-state index contributed by atoms with van der Waals surface area (Å²) < 4.78 is 46.6. The van der Waals surface area contributed by atoms with Gasteiger partial charge in [-0.2, -0.15) is 4.98 Å². The number of para-hydroxylation sites is 1. The van der Waals surface area contributed by atoms with Gasteiger partial charge in [-0.1, -0.05) is 39.0 Å². The Morgan fingerprint density at radius 3 is 2.28 bits per heavy atom. The Hall–Kier alpha value is -5.71. The summed E-state index contributed by atoms with van der Waals surface area (Å²) >= 11 is 0. The van der Waals surface area contributed by atoms with Crippen LogP contribution in [0, 0.1) is 11.3 Å². The normalized spacial score (nSPS) is 22.2. The van der Waals surface area contributed by atoms with E-state index in [0.29, 0.717) is 46.5 Å². The summed E-state index contributed by atoms with van der Waals surface area (Å²) in [5.74, 6) is -1.82. The maximum absolute atomic E-state index is 15.0. The third-order valence-electron chi connectivity index (χ3n) is 11.3. The van der Waals surface area contributed by atoms with E-state index >= 15 is 4.79 Å². The van der Waals surface area contributed by atoms with Gasteiger partial charge in [0.25, 0.3) is 11.8 Å². The van der Waals surface area contributed by atoms with E-state index in [1.54, 1.807) is 47.6 Å². The minimum atomic E-state index is -3.96. The van der Waals surface area contributed by atoms with Crippen molar-refractivity contribution in [2.45, 2.75) is 122 Å². The van der Waals surface area contributed by atoms with Crippen LogP contribution in [0.4, 0.5) is 4.79 Å². The summed E-state index contributed by atoms with van der Waals surface area (Å²) in [4.78, 5) is 68.3. The van der Waals surface area contributed by atoms with E-state index in [-0.39, 0.29) is 37.0 Å². The number of sulfonamides is 1. The van der Waals surface area contributed by atoms with Crippen LogP contribution in [0.15, 0.2) is 65.6 Å². The number of furan rings is 1. The zero-order valence-corrected chi connectivity index (χ0v) is 36.5. The molecule has 2 saturated carbocycles. The summed E-state index contributed by atoms with van der Waals surface area (Å²) in [6.45, 7) is 17.8. The third kappa shape index (κ3) is 8.61. The maximum Gasteiger partial charge on any atom is 0.408 e. The van der Waals surface area contributed by atoms with Crippen molar-refractivity contribution in [1.82, 2.24) is 29.8 Å². The molecule has 1 unspecified atom stereocenters. The molecule has 7 rings (SSSR count). The smallest absolute Gasteiger partial charge is 0.408 e. The van der Waals surface area contributed by atoms with Gasteiger partial charge in [0.05, 0.1) is 17.9 Å². The minimum Gasteiger partial charge on any atom is -0.491 e. The van der Waals surface area contributed by atoms with Gasteiger partial charge >= 0.3 is 6.09 Å². The van der Waals surface area contributed by atoms with Crippen LogP contribution in [0.5, 0.6) is 11.6 Å². The van der Waals surface area contributed by atoms with Crippen molar-refractivity contribution < 1.29 is 46.6 Å². The Morgan fingerprint density at radius 1 is 1.03 bits per heavy atom. The van der Waals surface area contributed by atoms with Crippen molar-refractivity contribution in [3.8, 4) is 23.0 Å². The largest absolute Gasteiger partial charge is 0.491 e. The minimum absolute atomic E-state index is 0.0299. The number of fused-ring (bicyclic) bond motifs is 3. The van der Waals surface area contributed by atoms with Crippen LogP contribution in [0.3, 0.4) is 0 Å². The molecule has 1 aliphatic heterocycles. The highest BCUT2D eigenvalue weighted by atomic mass is 32.2. The average molecular weight is 859 g/mol. The van der Waals surface area contributed by atoms with Gasteiger partial charge in [-0.05, 0) is 95.7 Å². The van der Waals surface area contributed by atoms with Gasteiger partial charge in [-0.3, -0.25) is 24.0 Å². The number of hydrogen-bond donors (Lipinski definition) is 3. The van der Waals surface area contributed by atoms with Crippen LogP contribution in [0.1, 0.15) is 81.1 Å². The Bertz CT molecular complexity index is 2500. The molecule has 326 valence electrons. The van der Waals surface area contributed by atoms with Crippen molar-refractivity contribution in [3.05, 3.63) is 61.2 Å². The molecule has 3 aliphatic rings. The van der Waals surface area contributed by atoms with Gasteiger partial charge in [0.1, 0.15) is 40.6 Å². The molecule has 61 heavy (non-hydrogen) atoms. The number of ether oxygens (including phenoxy) is 2. The molecule has 4 aromatic rings. The van der Waals surface area contributed by atoms with Crippen LogP contribution >= 0.6 is 0 Å². The van der Waals surface area contributed by atoms with Gasteiger partial charge in [0.2, 0.25) is 27.4 Å². The Labute approximate surface area is 355 Å². The van der Waals surface area contributed by atoms with Crippen LogP contribution in [-0.4, -0.2) is 104 Å². The molecule has 0 spiro atoms. The topological polar surface area (TPSA) is 211 Å². The molecule has 17 heteroatoms. The van der Waals surface area contributed by atoms with Crippen LogP contribution in [-0.2, 0) is 24.4 Å². The van der Waals surface area contributed by atoms with Crippen molar-refractivity contribution in [3.63, 3.8) is 0 Å². The summed E-state index contributed by atoms with van der Waals surface area (Å²) in [6.07, 6.45) is 0.0761. The molecular formula is C44H54N6O10S. The van der Waals surface area contributed by atoms with Crippen molar-refractivity contribution in [2.75, 3.05) is 6.54 Å². The fraction of sp³-hybridized carbons (Fsp3) is 0.500. The summed E-state index contributed by atoms with van der Waals surface area (Å²) in [6, 6.07) is 12.1. The van der Waals surface area contributed by atoms with E-state index in [2.05, 4.69) is 16.6 Å². The number of amides is 4. The number of nitrogens with one attached hydrogen (secondary N) is 2. The quantitative estimate of drug-likeness (QED) is 0.131. The predicted molar refractivity (Wildman–Crippen MR) is 227 cm³/mol. The SMILES string of the molecule is C=C[C@@H]1CC1(NC(=O)[C@@H]1C[C@@H](Oc2nc(-c3ccc(OC(C)C)cc3)nc3c2oc2ccccc23)CN1C(=O)[C@@H](N(C(=O)O)C(C)(C)C)C(C)(C)C)C(=O)NS(=O)(=O)C1CC1. The lowest BCUT2D eigenvalue weighted by atomic mass is 9.82. The Kier molecular flexibility index (Phi) is 11.1. The van der Waals surface area contributed by atoms with Crippen LogP contribution < -0.4 is 19.5 Å². The van der Waals surface area contributed by atoms with Gasteiger partial charge in [-0.15, -0.1) is 6.58 Å². The molecule has 3 heterocycles. The van der Waals surface area contributed by atoms with Gasteiger partial charge in [0.15, 0.2) is 5.82 Å². The number of aromatic nitrogens is 2. The number of carboxylic acid groups (broad SMARTS) is 1. The first-order valence-electron chi connectivity index (χ1n) is 20.5. The molecule has 4 amide bonds. The first-order valence-corrected chi connectivity index (χ1v) is 22.0. The first kappa shape index (κ1) is 43.4. The van der Waals surface area contributed by atoms with Gasteiger partial charge in [-0.25, -0.2) is 18.2 Å². The third-order valence-corrected chi connectivity index (χ3v) is 13.1. The van der Waals surface area contributed by atoms with E-state index in [1.165, 1.54) is 11.0 Å². The molecule has 1 saturated heterocycles. The maximum atomic E-state index is 15.0. The second-order valence-electron chi connectivity index (χ2n) is 18.6. The van der Waals surface area contributed by atoms with Crippen molar-refractivity contribution >= 4 is 55.9 Å². The molecular weight excluding hydrogens is 805 g/mol. The predicted octanol–water partition coefficient (Wildman–Crippen LogP) is 6.04. The average Bonchev–Trinajstić information content (AvgIpc) is 4.07. The zero-order chi connectivity index (χ0) is 44.4. The number of hydrogen-bond acceptors (Lipinski definition) is 11. The van der Waals surface area contributed by atoms with Crippen LogP contribution in [0.2, 0.25) is 0 Å². The number of rotatable bonds is 13. The zero-order valence-electron chi connectivity index (χ0n) is 35.7. The summed E-state index contributed by atoms with van der Waals surface area (Å²) in [5.41, 5.74) is -1.70. The second kappa shape index (κ2) is 15.6. The van der Waals surface area contributed by atoms with E-state index in [0.717, 1.165) is 4.90 Å². The first-order chi connectivity index (χ1) is 28.5. The lowest BCUT2D eigenvalue weighted by Gasteiger charge is -2.46. The number of likely N-dealkylation sites (tertiary alicyclic amines) is 1. The molecule has 2 aromatic carbocycles. The Morgan fingerprint density at radius 2 is 1.70 bits per heavy atom. The number of carbonyl (C=O) groups excluding carboxylic acids is 3. The van der Waals surface area contributed by atoms with E-state index in [4.69, 9.17) is 23.9 Å². The lowest BCUT2D eigenvalue weighted by Crippen LogP contribution is -2.64.